The van der Waals surface area contributed by atoms with Gasteiger partial charge in [0.05, 0.1) is 16.9 Å². The molecule has 0 aliphatic heterocycles. The Morgan fingerprint density at radius 3 is 2.43 bits per heavy atom. The fourth-order valence-corrected chi connectivity index (χ4v) is 2.98. The second-order valence-electron chi connectivity index (χ2n) is 6.55. The maximum Gasteiger partial charge on any atom is 0.126 e. The zero-order chi connectivity index (χ0) is 20.8. The lowest BCUT2D eigenvalue weighted by Crippen LogP contribution is -2.22. The lowest BCUT2D eigenvalue weighted by molar-refractivity contribution is 0.862. The highest BCUT2D eigenvalue weighted by Gasteiger charge is 2.13. The van der Waals surface area contributed by atoms with E-state index < -0.39 is 0 Å². The van der Waals surface area contributed by atoms with E-state index in [-0.39, 0.29) is 5.56 Å². The van der Waals surface area contributed by atoms with Crippen LogP contribution in [-0.2, 0) is 0 Å². The van der Waals surface area contributed by atoms with Gasteiger partial charge in [0, 0.05) is 30.2 Å². The summed E-state index contributed by atoms with van der Waals surface area (Å²) in [6, 6.07) is 9.17. The Kier molecular flexibility index (Phi) is 6.61. The third-order valence-corrected chi connectivity index (χ3v) is 4.31. The highest BCUT2D eigenvalue weighted by molar-refractivity contribution is 5.77. The van der Waals surface area contributed by atoms with Crippen LogP contribution in [0.5, 0.6) is 0 Å². The van der Waals surface area contributed by atoms with E-state index in [0.29, 0.717) is 22.7 Å². The molecule has 0 spiro atoms. The number of hydrogen-bond acceptors (Lipinski definition) is 7. The molecule has 2 aromatic rings. The van der Waals surface area contributed by atoms with Crippen LogP contribution in [0.15, 0.2) is 46.8 Å². The Hall–Kier alpha value is -3.53. The minimum absolute atomic E-state index is 0.284. The molecule has 0 atom stereocenters. The van der Waals surface area contributed by atoms with Crippen molar-refractivity contribution in [3.05, 3.63) is 47.7 Å². The standard InChI is InChI=1S/C21H27N7/c1-6-28(7-2)20-11-18(25-13(3)4)19(8-14(20)5)26-27-21-15(12-22)9-16(23)10-17(21)24/h8-11,25H,3,6-7,23-24H2,1-2,4-5H3. The van der Waals surface area contributed by atoms with Crippen LogP contribution in [0.2, 0.25) is 0 Å². The highest BCUT2D eigenvalue weighted by Crippen LogP contribution is 2.37. The zero-order valence-electron chi connectivity index (χ0n) is 16.9. The van der Waals surface area contributed by atoms with Gasteiger partial charge in [0.25, 0.3) is 0 Å². The predicted molar refractivity (Wildman–Crippen MR) is 117 cm³/mol. The normalized spacial score (nSPS) is 10.7. The van der Waals surface area contributed by atoms with Crippen LogP contribution in [0.3, 0.4) is 0 Å². The van der Waals surface area contributed by atoms with Gasteiger partial charge in [-0.05, 0) is 57.5 Å². The Balaban J connectivity index is 2.56. The third kappa shape index (κ3) is 4.60. The molecule has 0 radical (unpaired) electrons. The summed E-state index contributed by atoms with van der Waals surface area (Å²) in [4.78, 5) is 2.27. The van der Waals surface area contributed by atoms with Crippen LogP contribution in [0.25, 0.3) is 0 Å². The minimum atomic E-state index is 0.284. The van der Waals surface area contributed by atoms with Crippen molar-refractivity contribution in [2.45, 2.75) is 27.7 Å². The summed E-state index contributed by atoms with van der Waals surface area (Å²) in [6.07, 6.45) is 0. The lowest BCUT2D eigenvalue weighted by Gasteiger charge is -2.24. The van der Waals surface area contributed by atoms with Crippen molar-refractivity contribution in [1.29, 1.82) is 5.26 Å². The molecule has 0 bridgehead atoms. The number of nitriles is 1. The van der Waals surface area contributed by atoms with Crippen molar-refractivity contribution in [3.63, 3.8) is 0 Å². The molecule has 0 aliphatic carbocycles. The Labute approximate surface area is 166 Å². The van der Waals surface area contributed by atoms with Gasteiger partial charge in [0.15, 0.2) is 0 Å². The molecule has 7 nitrogen and oxygen atoms in total. The first-order valence-electron chi connectivity index (χ1n) is 9.13. The van der Waals surface area contributed by atoms with Gasteiger partial charge in [-0.1, -0.05) is 6.58 Å². The van der Waals surface area contributed by atoms with Crippen molar-refractivity contribution in [2.24, 2.45) is 10.2 Å². The SMILES string of the molecule is C=C(C)Nc1cc(N(CC)CC)c(C)cc1N=Nc1c(N)cc(N)cc1C#N. The molecule has 0 fully saturated rings. The van der Waals surface area contributed by atoms with Gasteiger partial charge in [0.1, 0.15) is 17.4 Å². The average Bonchev–Trinajstić information content (AvgIpc) is 2.63. The van der Waals surface area contributed by atoms with E-state index >= 15 is 0 Å². The van der Waals surface area contributed by atoms with Crippen LogP contribution in [0.4, 0.5) is 34.1 Å². The van der Waals surface area contributed by atoms with E-state index in [2.05, 4.69) is 46.9 Å². The van der Waals surface area contributed by atoms with Crippen LogP contribution in [-0.4, -0.2) is 13.1 Å². The number of nitrogen functional groups attached to an aromatic ring is 2. The Morgan fingerprint density at radius 2 is 1.86 bits per heavy atom. The number of allylic oxidation sites excluding steroid dienone is 1. The molecular formula is C21H27N7. The first-order valence-corrected chi connectivity index (χ1v) is 9.13. The van der Waals surface area contributed by atoms with Gasteiger partial charge < -0.3 is 21.7 Å². The first kappa shape index (κ1) is 20.8. The number of anilines is 4. The van der Waals surface area contributed by atoms with Gasteiger partial charge >= 0.3 is 0 Å². The van der Waals surface area contributed by atoms with Crippen molar-refractivity contribution >= 4 is 34.1 Å². The number of nitrogens with two attached hydrogens (primary N) is 2. The lowest BCUT2D eigenvalue weighted by atomic mass is 10.1. The number of nitrogens with zero attached hydrogens (tertiary/aromatic N) is 4. The second kappa shape index (κ2) is 8.91. The van der Waals surface area contributed by atoms with Gasteiger partial charge in [-0.25, -0.2) is 0 Å². The molecule has 7 heteroatoms. The van der Waals surface area contributed by atoms with Crippen molar-refractivity contribution in [3.8, 4) is 6.07 Å². The second-order valence-corrected chi connectivity index (χ2v) is 6.55. The summed E-state index contributed by atoms with van der Waals surface area (Å²) in [5.74, 6) is 0. The summed E-state index contributed by atoms with van der Waals surface area (Å²) in [6.45, 7) is 13.9. The largest absolute Gasteiger partial charge is 0.399 e. The van der Waals surface area contributed by atoms with Crippen LogP contribution in [0, 0.1) is 18.3 Å². The smallest absolute Gasteiger partial charge is 0.126 e. The number of rotatable bonds is 7. The molecule has 0 amide bonds. The van der Waals surface area contributed by atoms with Crippen LogP contribution < -0.4 is 21.7 Å². The molecule has 5 N–H and O–H groups in total. The predicted octanol–water partition coefficient (Wildman–Crippen LogP) is 5.24. The molecule has 0 saturated heterocycles. The molecule has 0 heterocycles. The monoisotopic (exact) mass is 377 g/mol. The van der Waals surface area contributed by atoms with E-state index in [9.17, 15) is 5.26 Å². The molecule has 0 aromatic heterocycles. The molecular weight excluding hydrogens is 350 g/mol. The minimum Gasteiger partial charge on any atom is -0.399 e. The first-order chi connectivity index (χ1) is 13.3. The third-order valence-electron chi connectivity index (χ3n) is 4.31. The van der Waals surface area contributed by atoms with Gasteiger partial charge in [-0.15, -0.1) is 10.2 Å². The highest BCUT2D eigenvalue weighted by atomic mass is 15.1. The van der Waals surface area contributed by atoms with E-state index in [1.807, 2.05) is 26.0 Å². The summed E-state index contributed by atoms with van der Waals surface area (Å²) in [5, 5.41) is 21.2. The number of azo groups is 1. The summed E-state index contributed by atoms with van der Waals surface area (Å²) in [5.41, 5.74) is 17.5. The topological polar surface area (TPSA) is 116 Å². The molecule has 0 saturated carbocycles. The number of benzene rings is 2. The number of hydrogen-bond donors (Lipinski definition) is 3. The summed E-state index contributed by atoms with van der Waals surface area (Å²) in [7, 11) is 0. The van der Waals surface area contributed by atoms with Gasteiger partial charge in [0.2, 0.25) is 0 Å². The summed E-state index contributed by atoms with van der Waals surface area (Å²) < 4.78 is 0. The Morgan fingerprint density at radius 1 is 1.18 bits per heavy atom. The molecule has 28 heavy (non-hydrogen) atoms. The quantitative estimate of drug-likeness (QED) is 0.451. The maximum atomic E-state index is 9.34. The fourth-order valence-electron chi connectivity index (χ4n) is 2.98. The summed E-state index contributed by atoms with van der Waals surface area (Å²) >= 11 is 0. The molecule has 2 rings (SSSR count). The van der Waals surface area contributed by atoms with Crippen molar-refractivity contribution < 1.29 is 0 Å². The van der Waals surface area contributed by atoms with Gasteiger partial charge in [-0.2, -0.15) is 5.26 Å². The zero-order valence-corrected chi connectivity index (χ0v) is 16.9. The fraction of sp³-hybridized carbons (Fsp3) is 0.286. The van der Waals surface area contributed by atoms with Crippen molar-refractivity contribution in [1.82, 2.24) is 0 Å². The van der Waals surface area contributed by atoms with E-state index in [4.69, 9.17) is 11.5 Å². The van der Waals surface area contributed by atoms with Gasteiger partial charge in [-0.3, -0.25) is 0 Å². The van der Waals surface area contributed by atoms with Crippen LogP contribution in [0.1, 0.15) is 31.9 Å². The molecule has 146 valence electrons. The molecule has 0 aliphatic rings. The molecule has 0 unspecified atom stereocenters. The Bertz CT molecular complexity index is 950. The van der Waals surface area contributed by atoms with E-state index in [1.54, 1.807) is 6.07 Å². The molecule has 2 aromatic carbocycles. The van der Waals surface area contributed by atoms with Crippen molar-refractivity contribution in [2.75, 3.05) is 34.8 Å². The van der Waals surface area contributed by atoms with E-state index in [0.717, 1.165) is 35.7 Å². The number of aryl methyl sites for hydroxylation is 1. The average molecular weight is 377 g/mol. The van der Waals surface area contributed by atoms with E-state index in [1.165, 1.54) is 6.07 Å². The number of nitrogens with one attached hydrogen (secondary N) is 1. The maximum absolute atomic E-state index is 9.34. The van der Waals surface area contributed by atoms with Crippen LogP contribution >= 0.6 is 0 Å².